The van der Waals surface area contributed by atoms with Crippen LogP contribution in [0.1, 0.15) is 12.8 Å². The van der Waals surface area contributed by atoms with Crippen LogP contribution in [0.4, 0.5) is 5.82 Å². The summed E-state index contributed by atoms with van der Waals surface area (Å²) in [4.78, 5) is 0. The maximum atomic E-state index is 5.80. The van der Waals surface area contributed by atoms with Gasteiger partial charge in [0.2, 0.25) is 5.89 Å². The van der Waals surface area contributed by atoms with Crippen LogP contribution in [-0.2, 0) is 6.42 Å². The summed E-state index contributed by atoms with van der Waals surface area (Å²) in [5.41, 5.74) is 0.573. The quantitative estimate of drug-likeness (QED) is 0.454. The topological polar surface area (TPSA) is 95.2 Å². The third kappa shape index (κ3) is 3.96. The van der Waals surface area contributed by atoms with E-state index in [9.17, 15) is 0 Å². The van der Waals surface area contributed by atoms with Crippen LogP contribution in [0, 0.1) is 0 Å². The molecule has 8 nitrogen and oxygen atoms in total. The van der Waals surface area contributed by atoms with E-state index in [-0.39, 0.29) is 0 Å². The van der Waals surface area contributed by atoms with Crippen molar-refractivity contribution in [2.45, 2.75) is 13.3 Å². The van der Waals surface area contributed by atoms with Crippen molar-refractivity contribution < 1.29 is 13.9 Å². The Kier molecular flexibility index (Phi) is 5.51. The number of rotatable bonds is 8. The Balaban J connectivity index is 1.50. The van der Waals surface area contributed by atoms with Crippen molar-refractivity contribution in [2.24, 2.45) is 0 Å². The van der Waals surface area contributed by atoms with Gasteiger partial charge < -0.3 is 19.2 Å². The van der Waals surface area contributed by atoms with E-state index in [0.29, 0.717) is 54.4 Å². The molecule has 1 N–H and O–H groups in total. The van der Waals surface area contributed by atoms with Gasteiger partial charge in [0.1, 0.15) is 6.61 Å². The summed E-state index contributed by atoms with van der Waals surface area (Å²) in [5.74, 6) is 3.01. The number of nitrogens with one attached hydrogen (secondary N) is 1. The van der Waals surface area contributed by atoms with Crippen molar-refractivity contribution in [3.63, 3.8) is 0 Å². The molecule has 29 heavy (non-hydrogen) atoms. The van der Waals surface area contributed by atoms with Crippen molar-refractivity contribution >= 4 is 16.6 Å². The minimum absolute atomic E-state index is 0.372. The van der Waals surface area contributed by atoms with Crippen LogP contribution in [0.2, 0.25) is 0 Å². The standard InChI is InChI=1S/C21H21N5O3/c1-3-18-23-26-21(29-18)19-14-8-4-5-9-15(14)20(25-24-19)22-12-13-28-17-11-7-6-10-16(17)27-2/h4-11H,3,12-13H2,1-2H3,(H,22,25). The lowest BCUT2D eigenvalue weighted by atomic mass is 10.1. The van der Waals surface area contributed by atoms with Gasteiger partial charge in [-0.1, -0.05) is 43.3 Å². The highest BCUT2D eigenvalue weighted by molar-refractivity contribution is 5.98. The fraction of sp³-hybridized carbons (Fsp3) is 0.238. The van der Waals surface area contributed by atoms with Crippen molar-refractivity contribution in [2.75, 3.05) is 25.6 Å². The van der Waals surface area contributed by atoms with Crippen LogP contribution < -0.4 is 14.8 Å². The van der Waals surface area contributed by atoms with E-state index in [1.807, 2.05) is 55.5 Å². The number of anilines is 1. The average Bonchev–Trinajstić information content (AvgIpc) is 3.26. The third-order valence-corrected chi connectivity index (χ3v) is 4.38. The van der Waals surface area contributed by atoms with E-state index < -0.39 is 0 Å². The minimum atomic E-state index is 0.372. The number of ether oxygens (including phenoxy) is 2. The van der Waals surface area contributed by atoms with Gasteiger partial charge in [-0.2, -0.15) is 0 Å². The second-order valence-electron chi connectivity index (χ2n) is 6.22. The van der Waals surface area contributed by atoms with Crippen LogP contribution in [0.25, 0.3) is 22.4 Å². The summed E-state index contributed by atoms with van der Waals surface area (Å²) in [7, 11) is 1.62. The number of aromatic nitrogens is 4. The molecule has 8 heteroatoms. The number of para-hydroxylation sites is 2. The lowest BCUT2D eigenvalue weighted by Gasteiger charge is -2.12. The monoisotopic (exact) mass is 391 g/mol. The van der Waals surface area contributed by atoms with Gasteiger partial charge in [0.05, 0.1) is 13.7 Å². The molecule has 148 valence electrons. The van der Waals surface area contributed by atoms with E-state index in [0.717, 1.165) is 10.8 Å². The largest absolute Gasteiger partial charge is 0.493 e. The van der Waals surface area contributed by atoms with Gasteiger partial charge in [-0.15, -0.1) is 20.4 Å². The molecule has 0 unspecified atom stereocenters. The number of fused-ring (bicyclic) bond motifs is 1. The molecule has 2 aromatic carbocycles. The molecule has 0 bridgehead atoms. The van der Waals surface area contributed by atoms with Gasteiger partial charge in [-0.3, -0.25) is 0 Å². The van der Waals surface area contributed by atoms with E-state index in [4.69, 9.17) is 13.9 Å². The van der Waals surface area contributed by atoms with Crippen LogP contribution in [0.15, 0.2) is 52.9 Å². The molecule has 0 aliphatic carbocycles. The fourth-order valence-corrected chi connectivity index (χ4v) is 2.95. The number of nitrogens with zero attached hydrogens (tertiary/aromatic N) is 4. The van der Waals surface area contributed by atoms with Gasteiger partial charge >= 0.3 is 0 Å². The molecule has 0 spiro atoms. The zero-order valence-electron chi connectivity index (χ0n) is 16.3. The smallest absolute Gasteiger partial charge is 0.268 e. The minimum Gasteiger partial charge on any atom is -0.493 e. The normalized spacial score (nSPS) is 10.8. The Morgan fingerprint density at radius 3 is 2.41 bits per heavy atom. The van der Waals surface area contributed by atoms with Gasteiger partial charge in [-0.25, -0.2) is 0 Å². The van der Waals surface area contributed by atoms with E-state index in [1.54, 1.807) is 7.11 Å². The molecule has 0 radical (unpaired) electrons. The highest BCUT2D eigenvalue weighted by Crippen LogP contribution is 2.29. The van der Waals surface area contributed by atoms with Crippen LogP contribution in [0.3, 0.4) is 0 Å². The molecular formula is C21H21N5O3. The molecule has 0 atom stereocenters. The first kappa shape index (κ1) is 18.7. The van der Waals surface area contributed by atoms with E-state index in [2.05, 4.69) is 25.7 Å². The number of hydrogen-bond donors (Lipinski definition) is 1. The molecule has 2 heterocycles. The predicted octanol–water partition coefficient (Wildman–Crippen LogP) is 3.74. The molecule has 0 amide bonds. The molecule has 0 fully saturated rings. The summed E-state index contributed by atoms with van der Waals surface area (Å²) in [5, 5.41) is 21.9. The molecule has 0 saturated heterocycles. The van der Waals surface area contributed by atoms with Crippen molar-refractivity contribution in [3.8, 4) is 23.1 Å². The molecule has 0 aliphatic heterocycles. The van der Waals surface area contributed by atoms with E-state index >= 15 is 0 Å². The second-order valence-corrected chi connectivity index (χ2v) is 6.22. The van der Waals surface area contributed by atoms with Crippen molar-refractivity contribution in [3.05, 3.63) is 54.4 Å². The predicted molar refractivity (Wildman–Crippen MR) is 109 cm³/mol. The number of aryl methyl sites for hydroxylation is 1. The summed E-state index contributed by atoms with van der Waals surface area (Å²) >= 11 is 0. The van der Waals surface area contributed by atoms with Crippen molar-refractivity contribution in [1.29, 1.82) is 0 Å². The van der Waals surface area contributed by atoms with Crippen LogP contribution >= 0.6 is 0 Å². The van der Waals surface area contributed by atoms with Crippen molar-refractivity contribution in [1.82, 2.24) is 20.4 Å². The molecule has 0 aliphatic rings. The number of methoxy groups -OCH3 is 1. The van der Waals surface area contributed by atoms with Gasteiger partial charge in [0.15, 0.2) is 23.0 Å². The maximum Gasteiger partial charge on any atom is 0.268 e. The zero-order chi connectivity index (χ0) is 20.1. The summed E-state index contributed by atoms with van der Waals surface area (Å²) in [6.07, 6.45) is 0.671. The first-order chi connectivity index (χ1) is 14.3. The SMILES string of the molecule is CCc1nnc(-c2nnc(NCCOc3ccccc3OC)c3ccccc23)o1. The Hall–Kier alpha value is -3.68. The molecule has 4 aromatic rings. The lowest BCUT2D eigenvalue weighted by Crippen LogP contribution is -2.13. The Morgan fingerprint density at radius 2 is 1.66 bits per heavy atom. The van der Waals surface area contributed by atoms with Gasteiger partial charge in [0, 0.05) is 17.2 Å². The maximum absolute atomic E-state index is 5.80. The van der Waals surface area contributed by atoms with Gasteiger partial charge in [0.25, 0.3) is 5.89 Å². The Labute approximate surface area is 167 Å². The summed E-state index contributed by atoms with van der Waals surface area (Å²) < 4.78 is 16.8. The lowest BCUT2D eigenvalue weighted by molar-refractivity contribution is 0.306. The first-order valence-electron chi connectivity index (χ1n) is 9.38. The highest BCUT2D eigenvalue weighted by atomic mass is 16.5. The average molecular weight is 391 g/mol. The molecule has 4 rings (SSSR count). The molecule has 0 saturated carbocycles. The Morgan fingerprint density at radius 1 is 0.897 bits per heavy atom. The Bertz CT molecular complexity index is 1110. The second kappa shape index (κ2) is 8.55. The molecule has 2 aromatic heterocycles. The summed E-state index contributed by atoms with van der Waals surface area (Å²) in [6.45, 7) is 2.96. The molecular weight excluding hydrogens is 370 g/mol. The number of hydrogen-bond acceptors (Lipinski definition) is 8. The fourth-order valence-electron chi connectivity index (χ4n) is 2.95. The summed E-state index contributed by atoms with van der Waals surface area (Å²) in [6, 6.07) is 15.4. The van der Waals surface area contributed by atoms with Gasteiger partial charge in [-0.05, 0) is 12.1 Å². The highest BCUT2D eigenvalue weighted by Gasteiger charge is 2.16. The third-order valence-electron chi connectivity index (χ3n) is 4.38. The number of benzene rings is 2. The van der Waals surface area contributed by atoms with Crippen LogP contribution in [0.5, 0.6) is 11.5 Å². The zero-order valence-corrected chi connectivity index (χ0v) is 16.3. The van der Waals surface area contributed by atoms with Crippen LogP contribution in [-0.4, -0.2) is 40.7 Å². The van der Waals surface area contributed by atoms with E-state index in [1.165, 1.54) is 0 Å². The first-order valence-corrected chi connectivity index (χ1v) is 9.38.